The molecule has 4 aromatic rings. The molecule has 0 unspecified atom stereocenters. The maximum atomic E-state index is 13.8. The normalized spacial score (nSPS) is 18.9. The van der Waals surface area contributed by atoms with Gasteiger partial charge in [-0.2, -0.15) is 8.42 Å². The number of anilines is 1. The molecule has 1 fully saturated rings. The lowest BCUT2D eigenvalue weighted by Gasteiger charge is -2.28. The van der Waals surface area contributed by atoms with Crippen LogP contribution < -0.4 is 4.90 Å². The van der Waals surface area contributed by atoms with Crippen LogP contribution in [-0.4, -0.2) is 24.6 Å². The molecule has 0 aromatic heterocycles. The Bertz CT molecular complexity index is 1490. The van der Waals surface area contributed by atoms with Crippen molar-refractivity contribution in [2.24, 2.45) is 4.40 Å². The number of benzene rings is 4. The summed E-state index contributed by atoms with van der Waals surface area (Å²) in [4.78, 5) is 15.8. The van der Waals surface area contributed by atoms with E-state index < -0.39 is 21.3 Å². The van der Waals surface area contributed by atoms with Gasteiger partial charge in [0.15, 0.2) is 11.0 Å². The minimum Gasteiger partial charge on any atom is -0.311 e. The van der Waals surface area contributed by atoms with Gasteiger partial charge in [-0.15, -0.1) is 4.40 Å². The molecule has 1 saturated heterocycles. The van der Waals surface area contributed by atoms with Crippen LogP contribution in [0.2, 0.25) is 0 Å². The number of rotatable bonds is 6. The second-order valence-corrected chi connectivity index (χ2v) is 11.2. The molecule has 2 atom stereocenters. The summed E-state index contributed by atoms with van der Waals surface area (Å²) in [7, 11) is -4.01. The van der Waals surface area contributed by atoms with E-state index >= 15 is 0 Å². The van der Waals surface area contributed by atoms with Gasteiger partial charge in [0, 0.05) is 11.3 Å². The van der Waals surface area contributed by atoms with Crippen molar-refractivity contribution in [1.82, 2.24) is 0 Å². The summed E-state index contributed by atoms with van der Waals surface area (Å²) in [5.74, 6) is -0.0756. The van der Waals surface area contributed by atoms with Crippen molar-refractivity contribution < 1.29 is 13.2 Å². The van der Waals surface area contributed by atoms with Crippen LogP contribution in [0.25, 0.3) is 0 Å². The smallest absolute Gasteiger partial charge is 0.284 e. The van der Waals surface area contributed by atoms with Crippen LogP contribution in [0, 0.1) is 6.92 Å². The number of ketones is 1. The molecule has 1 heterocycles. The maximum absolute atomic E-state index is 13.8. The predicted molar refractivity (Wildman–Crippen MR) is 146 cm³/mol. The van der Waals surface area contributed by atoms with Crippen molar-refractivity contribution in [3.05, 3.63) is 132 Å². The fourth-order valence-corrected chi connectivity index (χ4v) is 6.77. The lowest BCUT2D eigenvalue weighted by Crippen LogP contribution is -2.33. The summed E-state index contributed by atoms with van der Waals surface area (Å²) in [5, 5.41) is -0.327. The van der Waals surface area contributed by atoms with E-state index in [1.54, 1.807) is 36.4 Å². The number of nitrogens with zero attached hydrogens (tertiary/aromatic N) is 2. The molecule has 1 aliphatic rings. The number of thioether (sulfide) groups is 1. The molecule has 0 spiro atoms. The number of aryl methyl sites for hydroxylation is 1. The van der Waals surface area contributed by atoms with E-state index in [0.717, 1.165) is 16.8 Å². The Balaban J connectivity index is 1.68. The third-order valence-corrected chi connectivity index (χ3v) is 8.63. The molecule has 1 aliphatic heterocycles. The van der Waals surface area contributed by atoms with E-state index in [4.69, 9.17) is 0 Å². The molecule has 36 heavy (non-hydrogen) atoms. The van der Waals surface area contributed by atoms with Crippen LogP contribution in [0.3, 0.4) is 0 Å². The fraction of sp³-hybridized carbons (Fsp3) is 0.103. The van der Waals surface area contributed by atoms with Crippen LogP contribution in [0.5, 0.6) is 0 Å². The molecule has 7 heteroatoms. The van der Waals surface area contributed by atoms with Crippen molar-refractivity contribution in [2.45, 2.75) is 23.1 Å². The minimum atomic E-state index is -4.01. The van der Waals surface area contributed by atoms with Crippen molar-refractivity contribution >= 4 is 38.4 Å². The Morgan fingerprint density at radius 1 is 0.778 bits per heavy atom. The van der Waals surface area contributed by atoms with Gasteiger partial charge in [-0.25, -0.2) is 0 Å². The van der Waals surface area contributed by atoms with Gasteiger partial charge in [0.1, 0.15) is 5.25 Å². The van der Waals surface area contributed by atoms with Crippen LogP contribution in [0.1, 0.15) is 27.5 Å². The SMILES string of the molecule is Cc1ccc(S(=O)(=O)/N=C2\S[C@@H](C(=O)c3ccccc3)[C@H](c3ccccc3)N2c2ccccc2)cc1. The highest BCUT2D eigenvalue weighted by Gasteiger charge is 2.45. The molecule has 0 saturated carbocycles. The van der Waals surface area contributed by atoms with Gasteiger partial charge in [-0.3, -0.25) is 4.79 Å². The topological polar surface area (TPSA) is 66.8 Å². The zero-order chi connectivity index (χ0) is 25.1. The number of sulfonamides is 1. The van der Waals surface area contributed by atoms with Gasteiger partial charge >= 0.3 is 0 Å². The summed E-state index contributed by atoms with van der Waals surface area (Å²) >= 11 is 1.19. The first-order valence-electron chi connectivity index (χ1n) is 11.5. The third-order valence-electron chi connectivity index (χ3n) is 6.01. The van der Waals surface area contributed by atoms with Crippen molar-refractivity contribution in [3.63, 3.8) is 0 Å². The molecule has 5 rings (SSSR count). The fourth-order valence-electron chi connectivity index (χ4n) is 4.22. The maximum Gasteiger partial charge on any atom is 0.284 e. The highest BCUT2D eigenvalue weighted by Crippen LogP contribution is 2.46. The van der Waals surface area contributed by atoms with Gasteiger partial charge < -0.3 is 4.90 Å². The van der Waals surface area contributed by atoms with Crippen molar-refractivity contribution in [1.29, 1.82) is 0 Å². The molecule has 180 valence electrons. The van der Waals surface area contributed by atoms with Crippen LogP contribution in [0.4, 0.5) is 5.69 Å². The van der Waals surface area contributed by atoms with E-state index in [0.29, 0.717) is 5.56 Å². The van der Waals surface area contributed by atoms with Gasteiger partial charge in [-0.1, -0.05) is 108 Å². The zero-order valence-corrected chi connectivity index (χ0v) is 21.2. The largest absolute Gasteiger partial charge is 0.311 e. The summed E-state index contributed by atoms with van der Waals surface area (Å²) < 4.78 is 31.0. The Kier molecular flexibility index (Phi) is 6.76. The Morgan fingerprint density at radius 3 is 1.94 bits per heavy atom. The first kappa shape index (κ1) is 24.0. The molecule has 0 radical (unpaired) electrons. The number of hydrogen-bond donors (Lipinski definition) is 0. The molecule has 0 bridgehead atoms. The number of carbonyl (C=O) groups is 1. The van der Waals surface area contributed by atoms with Gasteiger partial charge in [0.05, 0.1) is 10.9 Å². The first-order chi connectivity index (χ1) is 17.4. The first-order valence-corrected chi connectivity index (χ1v) is 13.8. The molecular weight excluding hydrogens is 488 g/mol. The number of hydrogen-bond acceptors (Lipinski definition) is 4. The van der Waals surface area contributed by atoms with E-state index in [1.807, 2.05) is 90.7 Å². The highest BCUT2D eigenvalue weighted by atomic mass is 32.2. The van der Waals surface area contributed by atoms with Crippen LogP contribution in [-0.2, 0) is 10.0 Å². The van der Waals surface area contributed by atoms with E-state index in [1.165, 1.54) is 11.8 Å². The molecule has 0 amide bonds. The van der Waals surface area contributed by atoms with Crippen molar-refractivity contribution in [2.75, 3.05) is 4.90 Å². The second-order valence-electron chi connectivity index (χ2n) is 8.49. The van der Waals surface area contributed by atoms with Crippen molar-refractivity contribution in [3.8, 4) is 0 Å². The van der Waals surface area contributed by atoms with Gasteiger partial charge in [0.2, 0.25) is 0 Å². The zero-order valence-electron chi connectivity index (χ0n) is 19.6. The molecule has 5 nitrogen and oxygen atoms in total. The van der Waals surface area contributed by atoms with Crippen LogP contribution >= 0.6 is 11.8 Å². The van der Waals surface area contributed by atoms with E-state index in [2.05, 4.69) is 4.40 Å². The number of Topliss-reactive ketones (excluding diaryl/α,β-unsaturated/α-hetero) is 1. The molecule has 0 aliphatic carbocycles. The quantitative estimate of drug-likeness (QED) is 0.284. The van der Waals surface area contributed by atoms with Crippen LogP contribution in [0.15, 0.2) is 125 Å². The van der Waals surface area contributed by atoms with Gasteiger partial charge in [-0.05, 0) is 36.8 Å². The predicted octanol–water partition coefficient (Wildman–Crippen LogP) is 6.29. The minimum absolute atomic E-state index is 0.0756. The second kappa shape index (κ2) is 10.1. The van der Waals surface area contributed by atoms with E-state index in [9.17, 15) is 13.2 Å². The standard InChI is InChI=1S/C29H24N2O3S2/c1-21-17-19-25(20-18-21)36(33,34)30-29-31(24-15-9-4-10-16-24)26(22-11-5-2-6-12-22)28(35-29)27(32)23-13-7-3-8-14-23/h2-20,26,28H,1H3/b30-29-/t26-,28+/m0/s1. The summed E-state index contributed by atoms with van der Waals surface area (Å²) in [5.41, 5.74) is 3.20. The number of carbonyl (C=O) groups excluding carboxylic acids is 1. The molecule has 0 N–H and O–H groups in total. The molecule has 4 aromatic carbocycles. The lowest BCUT2D eigenvalue weighted by atomic mass is 9.96. The summed E-state index contributed by atoms with van der Waals surface area (Å²) in [6, 6.07) is 34.4. The van der Waals surface area contributed by atoms with E-state index in [-0.39, 0.29) is 15.8 Å². The Labute approximate surface area is 215 Å². The Hall–Kier alpha value is -3.68. The number of amidine groups is 1. The summed E-state index contributed by atoms with van der Waals surface area (Å²) in [6.07, 6.45) is 0. The average molecular weight is 513 g/mol. The molecular formula is C29H24N2O3S2. The highest BCUT2D eigenvalue weighted by molar-refractivity contribution is 8.16. The van der Waals surface area contributed by atoms with Gasteiger partial charge in [0.25, 0.3) is 10.0 Å². The number of para-hydroxylation sites is 1. The lowest BCUT2D eigenvalue weighted by molar-refractivity contribution is 0.0983. The monoisotopic (exact) mass is 512 g/mol. The third kappa shape index (κ3) is 4.85. The Morgan fingerprint density at radius 2 is 1.33 bits per heavy atom. The average Bonchev–Trinajstić information content (AvgIpc) is 3.28. The summed E-state index contributed by atoms with van der Waals surface area (Å²) in [6.45, 7) is 1.90.